The number of hydrogen-bond acceptors (Lipinski definition) is 4. The molecule has 4 nitrogen and oxygen atoms in total. The largest absolute Gasteiger partial charge is 0.370 e. The first-order chi connectivity index (χ1) is 8.02. The van der Waals surface area contributed by atoms with Crippen LogP contribution in [0.4, 0.5) is 5.82 Å². The predicted octanol–water partition coefficient (Wildman–Crippen LogP) is 1.92. The van der Waals surface area contributed by atoms with Crippen LogP contribution >= 0.6 is 0 Å². The molecule has 0 amide bonds. The molecule has 0 fully saturated rings. The number of nitrogens with zero attached hydrogens (tertiary/aromatic N) is 2. The van der Waals surface area contributed by atoms with Crippen LogP contribution in [0.1, 0.15) is 31.8 Å². The quantitative estimate of drug-likeness (QED) is 0.843. The Balaban J connectivity index is 2.51. The van der Waals surface area contributed by atoms with Crippen LogP contribution in [0, 0.1) is 6.92 Å². The minimum absolute atomic E-state index is 0.219. The van der Waals surface area contributed by atoms with Gasteiger partial charge in [0, 0.05) is 40.6 Å². The van der Waals surface area contributed by atoms with Crippen LogP contribution in [0.25, 0.3) is 0 Å². The third-order valence-electron chi connectivity index (χ3n) is 2.68. The zero-order chi connectivity index (χ0) is 12.8. The maximum absolute atomic E-state index is 11.2. The van der Waals surface area contributed by atoms with Crippen molar-refractivity contribution in [2.45, 2.75) is 38.9 Å². The zero-order valence-electron chi connectivity index (χ0n) is 11.0. The molecular formula is C12H21N3OS. The Morgan fingerprint density at radius 2 is 2.18 bits per heavy atom. The Morgan fingerprint density at radius 1 is 1.47 bits per heavy atom. The van der Waals surface area contributed by atoms with E-state index in [1.54, 1.807) is 6.26 Å². The van der Waals surface area contributed by atoms with Gasteiger partial charge in [-0.3, -0.25) is 4.21 Å². The van der Waals surface area contributed by atoms with Crippen molar-refractivity contribution in [1.29, 1.82) is 0 Å². The number of rotatable bonds is 6. The van der Waals surface area contributed by atoms with Gasteiger partial charge in [0.25, 0.3) is 0 Å². The molecule has 0 radical (unpaired) electrons. The lowest BCUT2D eigenvalue weighted by molar-refractivity contribution is 0.672. The highest BCUT2D eigenvalue weighted by Gasteiger charge is 2.06. The molecule has 0 saturated heterocycles. The fourth-order valence-electron chi connectivity index (χ4n) is 1.47. The van der Waals surface area contributed by atoms with E-state index in [2.05, 4.69) is 22.2 Å². The molecule has 1 rings (SSSR count). The van der Waals surface area contributed by atoms with Gasteiger partial charge in [-0.25, -0.2) is 9.97 Å². The highest BCUT2D eigenvalue weighted by atomic mass is 32.2. The van der Waals surface area contributed by atoms with Crippen molar-refractivity contribution < 1.29 is 4.21 Å². The van der Waals surface area contributed by atoms with Gasteiger partial charge in [-0.15, -0.1) is 0 Å². The second kappa shape index (κ2) is 6.69. The van der Waals surface area contributed by atoms with Gasteiger partial charge in [-0.1, -0.05) is 13.8 Å². The molecule has 0 spiro atoms. The van der Waals surface area contributed by atoms with Gasteiger partial charge in [0.1, 0.15) is 11.6 Å². The van der Waals surface area contributed by atoms with E-state index < -0.39 is 10.8 Å². The van der Waals surface area contributed by atoms with Gasteiger partial charge in [-0.05, 0) is 19.8 Å². The Bertz CT molecular complexity index is 395. The number of nitrogens with one attached hydrogen (secondary N) is 1. The van der Waals surface area contributed by atoms with E-state index in [-0.39, 0.29) is 5.25 Å². The number of aromatic nitrogens is 2. The van der Waals surface area contributed by atoms with Crippen molar-refractivity contribution in [2.24, 2.45) is 0 Å². The molecule has 0 aromatic carbocycles. The summed E-state index contributed by atoms with van der Waals surface area (Å²) in [5.74, 6) is 1.66. The molecule has 0 saturated carbocycles. The van der Waals surface area contributed by atoms with Gasteiger partial charge in [0.2, 0.25) is 0 Å². The van der Waals surface area contributed by atoms with Crippen LogP contribution in [0.3, 0.4) is 0 Å². The summed E-state index contributed by atoms with van der Waals surface area (Å²) >= 11 is 0. The van der Waals surface area contributed by atoms with Crippen LogP contribution < -0.4 is 5.32 Å². The number of aryl methyl sites for hydroxylation is 2. The van der Waals surface area contributed by atoms with E-state index in [0.29, 0.717) is 0 Å². The molecule has 5 heteroatoms. The van der Waals surface area contributed by atoms with Crippen molar-refractivity contribution in [2.75, 3.05) is 18.1 Å². The standard InChI is InChI=1S/C12H21N3OS/c1-5-11-8-12(15-10(3)14-11)13-7-6-9(2)17(4)16/h8-9H,5-7H2,1-4H3,(H,13,14,15). The highest BCUT2D eigenvalue weighted by Crippen LogP contribution is 2.08. The predicted molar refractivity (Wildman–Crippen MR) is 72.8 cm³/mol. The van der Waals surface area contributed by atoms with E-state index in [0.717, 1.165) is 36.7 Å². The van der Waals surface area contributed by atoms with Crippen molar-refractivity contribution in [3.63, 3.8) is 0 Å². The van der Waals surface area contributed by atoms with Gasteiger partial charge < -0.3 is 5.32 Å². The van der Waals surface area contributed by atoms with E-state index in [1.165, 1.54) is 0 Å². The number of anilines is 1. The second-order valence-corrected chi connectivity index (χ2v) is 5.97. The molecule has 96 valence electrons. The Labute approximate surface area is 106 Å². The topological polar surface area (TPSA) is 54.9 Å². The normalized spacial score (nSPS) is 14.4. The summed E-state index contributed by atoms with van der Waals surface area (Å²) in [6.07, 6.45) is 3.54. The molecule has 0 bridgehead atoms. The molecular weight excluding hydrogens is 234 g/mol. The van der Waals surface area contributed by atoms with Crippen LogP contribution in [0.5, 0.6) is 0 Å². The lowest BCUT2D eigenvalue weighted by Gasteiger charge is -2.10. The average Bonchev–Trinajstić information content (AvgIpc) is 2.27. The summed E-state index contributed by atoms with van der Waals surface area (Å²) < 4.78 is 11.2. The summed E-state index contributed by atoms with van der Waals surface area (Å²) in [5, 5.41) is 3.48. The van der Waals surface area contributed by atoms with Gasteiger partial charge in [0.05, 0.1) is 0 Å². The first-order valence-electron chi connectivity index (χ1n) is 5.93. The monoisotopic (exact) mass is 255 g/mol. The molecule has 17 heavy (non-hydrogen) atoms. The van der Waals surface area contributed by atoms with Crippen LogP contribution in [-0.2, 0) is 17.2 Å². The summed E-state index contributed by atoms with van der Waals surface area (Å²) in [6, 6.07) is 1.97. The third kappa shape index (κ3) is 4.81. The zero-order valence-corrected chi connectivity index (χ0v) is 11.8. The maximum Gasteiger partial charge on any atom is 0.129 e. The lowest BCUT2D eigenvalue weighted by atomic mass is 10.3. The molecule has 0 aliphatic rings. The van der Waals surface area contributed by atoms with E-state index in [9.17, 15) is 4.21 Å². The fourth-order valence-corrected chi connectivity index (χ4v) is 1.92. The second-order valence-electron chi connectivity index (χ2n) is 4.17. The Morgan fingerprint density at radius 3 is 2.76 bits per heavy atom. The van der Waals surface area contributed by atoms with Crippen LogP contribution in [-0.4, -0.2) is 32.2 Å². The average molecular weight is 255 g/mol. The van der Waals surface area contributed by atoms with E-state index in [1.807, 2.05) is 19.9 Å². The molecule has 1 N–H and O–H groups in total. The molecule has 0 aliphatic carbocycles. The molecule has 2 unspecified atom stereocenters. The van der Waals surface area contributed by atoms with Crippen molar-refractivity contribution in [3.8, 4) is 0 Å². The lowest BCUT2D eigenvalue weighted by Crippen LogP contribution is -2.15. The fraction of sp³-hybridized carbons (Fsp3) is 0.667. The van der Waals surface area contributed by atoms with Crippen molar-refractivity contribution in [3.05, 3.63) is 17.6 Å². The van der Waals surface area contributed by atoms with Crippen LogP contribution in [0.2, 0.25) is 0 Å². The summed E-state index contributed by atoms with van der Waals surface area (Å²) in [4.78, 5) is 8.65. The van der Waals surface area contributed by atoms with Gasteiger partial charge in [0.15, 0.2) is 0 Å². The minimum atomic E-state index is -0.751. The summed E-state index contributed by atoms with van der Waals surface area (Å²) in [5.41, 5.74) is 1.05. The summed E-state index contributed by atoms with van der Waals surface area (Å²) in [7, 11) is -0.751. The van der Waals surface area contributed by atoms with Crippen molar-refractivity contribution >= 4 is 16.6 Å². The molecule has 1 heterocycles. The highest BCUT2D eigenvalue weighted by molar-refractivity contribution is 7.84. The maximum atomic E-state index is 11.2. The Hall–Kier alpha value is -0.970. The smallest absolute Gasteiger partial charge is 0.129 e. The summed E-state index contributed by atoms with van der Waals surface area (Å²) in [6.45, 7) is 6.77. The molecule has 2 atom stereocenters. The first kappa shape index (κ1) is 14.1. The Kier molecular flexibility index (Phi) is 5.55. The van der Waals surface area contributed by atoms with Gasteiger partial charge in [-0.2, -0.15) is 0 Å². The SMILES string of the molecule is CCc1cc(NCCC(C)S(C)=O)nc(C)n1. The third-order valence-corrected chi connectivity index (χ3v) is 4.05. The van der Waals surface area contributed by atoms with Crippen LogP contribution in [0.15, 0.2) is 6.07 Å². The molecule has 0 aliphatic heterocycles. The van der Waals surface area contributed by atoms with E-state index >= 15 is 0 Å². The van der Waals surface area contributed by atoms with Gasteiger partial charge >= 0.3 is 0 Å². The molecule has 1 aromatic rings. The van der Waals surface area contributed by atoms with E-state index in [4.69, 9.17) is 0 Å². The van der Waals surface area contributed by atoms with Crippen molar-refractivity contribution in [1.82, 2.24) is 9.97 Å². The first-order valence-corrected chi connectivity index (χ1v) is 7.55. The molecule has 1 aromatic heterocycles. The minimum Gasteiger partial charge on any atom is -0.370 e. The number of hydrogen-bond donors (Lipinski definition) is 1.